The SMILES string of the molecule is C[C@H]1CN(C(=O)c2ccccc2N(C)C(=O)C2CC2)C[C@H](C)O1. The molecular weight excluding hydrogens is 292 g/mol. The normalized spacial score (nSPS) is 24.4. The van der Waals surface area contributed by atoms with E-state index in [9.17, 15) is 9.59 Å². The molecule has 1 aromatic rings. The Morgan fingerprint density at radius 1 is 1.13 bits per heavy atom. The number of amides is 2. The van der Waals surface area contributed by atoms with E-state index < -0.39 is 0 Å². The lowest BCUT2D eigenvalue weighted by Crippen LogP contribution is -2.48. The van der Waals surface area contributed by atoms with Crippen molar-refractivity contribution in [1.82, 2.24) is 4.90 Å². The van der Waals surface area contributed by atoms with E-state index in [0.717, 1.165) is 12.8 Å². The Morgan fingerprint density at radius 2 is 1.74 bits per heavy atom. The van der Waals surface area contributed by atoms with Gasteiger partial charge in [-0.2, -0.15) is 0 Å². The van der Waals surface area contributed by atoms with E-state index in [0.29, 0.717) is 24.3 Å². The first-order valence-electron chi connectivity index (χ1n) is 8.28. The van der Waals surface area contributed by atoms with Crippen molar-refractivity contribution in [1.29, 1.82) is 0 Å². The summed E-state index contributed by atoms with van der Waals surface area (Å²) in [4.78, 5) is 28.8. The van der Waals surface area contributed by atoms with E-state index in [4.69, 9.17) is 4.74 Å². The van der Waals surface area contributed by atoms with Gasteiger partial charge in [0.05, 0.1) is 23.5 Å². The molecular formula is C18H24N2O3. The molecule has 5 nitrogen and oxygen atoms in total. The summed E-state index contributed by atoms with van der Waals surface area (Å²) in [6, 6.07) is 7.37. The van der Waals surface area contributed by atoms with Gasteiger partial charge in [0.25, 0.3) is 5.91 Å². The first-order chi connectivity index (χ1) is 11.0. The van der Waals surface area contributed by atoms with Gasteiger partial charge in [0.2, 0.25) is 5.91 Å². The summed E-state index contributed by atoms with van der Waals surface area (Å²) in [6.45, 7) is 5.12. The van der Waals surface area contributed by atoms with Crippen molar-refractivity contribution in [3.8, 4) is 0 Å². The maximum Gasteiger partial charge on any atom is 0.256 e. The predicted molar refractivity (Wildman–Crippen MR) is 88.5 cm³/mol. The van der Waals surface area contributed by atoms with Gasteiger partial charge in [-0.05, 0) is 38.8 Å². The molecule has 1 saturated heterocycles. The molecule has 1 aliphatic heterocycles. The van der Waals surface area contributed by atoms with Crippen LogP contribution in [0.5, 0.6) is 0 Å². The monoisotopic (exact) mass is 316 g/mol. The first-order valence-corrected chi connectivity index (χ1v) is 8.28. The van der Waals surface area contributed by atoms with Crippen LogP contribution in [-0.2, 0) is 9.53 Å². The number of hydrogen-bond acceptors (Lipinski definition) is 3. The maximum atomic E-state index is 13.0. The fraction of sp³-hybridized carbons (Fsp3) is 0.556. The number of carbonyl (C=O) groups is 2. The van der Waals surface area contributed by atoms with E-state index in [1.807, 2.05) is 36.9 Å². The molecule has 0 spiro atoms. The minimum atomic E-state index is -0.0296. The summed E-state index contributed by atoms with van der Waals surface area (Å²) in [5.74, 6) is 0.207. The molecule has 1 aromatic carbocycles. The Kier molecular flexibility index (Phi) is 4.39. The lowest BCUT2D eigenvalue weighted by molar-refractivity contribution is -0.119. The fourth-order valence-corrected chi connectivity index (χ4v) is 3.18. The minimum absolute atomic E-state index is 0.0284. The summed E-state index contributed by atoms with van der Waals surface area (Å²) in [6.07, 6.45) is 1.97. The van der Waals surface area contributed by atoms with Gasteiger partial charge < -0.3 is 14.5 Å². The van der Waals surface area contributed by atoms with Crippen molar-refractivity contribution >= 4 is 17.5 Å². The van der Waals surface area contributed by atoms with Crippen molar-refractivity contribution < 1.29 is 14.3 Å². The Labute approximate surface area is 137 Å². The molecule has 2 atom stereocenters. The average Bonchev–Trinajstić information content (AvgIpc) is 3.36. The number of anilines is 1. The maximum absolute atomic E-state index is 13.0. The summed E-state index contributed by atoms with van der Waals surface area (Å²) >= 11 is 0. The zero-order chi connectivity index (χ0) is 16.6. The highest BCUT2D eigenvalue weighted by atomic mass is 16.5. The first kappa shape index (κ1) is 16.0. The highest BCUT2D eigenvalue weighted by Crippen LogP contribution is 2.33. The predicted octanol–water partition coefficient (Wildman–Crippen LogP) is 2.31. The highest BCUT2D eigenvalue weighted by molar-refractivity contribution is 6.05. The van der Waals surface area contributed by atoms with Gasteiger partial charge in [0.15, 0.2) is 0 Å². The molecule has 1 saturated carbocycles. The van der Waals surface area contributed by atoms with Crippen molar-refractivity contribution in [2.75, 3.05) is 25.0 Å². The second-order valence-electron chi connectivity index (χ2n) is 6.66. The molecule has 3 rings (SSSR count). The second-order valence-corrected chi connectivity index (χ2v) is 6.66. The number of nitrogens with zero attached hydrogens (tertiary/aromatic N) is 2. The summed E-state index contributed by atoms with van der Waals surface area (Å²) < 4.78 is 5.70. The summed E-state index contributed by atoms with van der Waals surface area (Å²) in [5, 5.41) is 0. The number of ether oxygens (including phenoxy) is 1. The third kappa shape index (κ3) is 3.39. The Morgan fingerprint density at radius 3 is 2.35 bits per heavy atom. The number of hydrogen-bond donors (Lipinski definition) is 0. The van der Waals surface area contributed by atoms with E-state index in [2.05, 4.69) is 0 Å². The van der Waals surface area contributed by atoms with E-state index in [1.165, 1.54) is 0 Å². The summed E-state index contributed by atoms with van der Waals surface area (Å²) in [5.41, 5.74) is 1.28. The van der Waals surface area contributed by atoms with Crippen molar-refractivity contribution in [3.05, 3.63) is 29.8 Å². The van der Waals surface area contributed by atoms with Gasteiger partial charge in [-0.1, -0.05) is 12.1 Å². The molecule has 0 N–H and O–H groups in total. The standard InChI is InChI=1S/C18H24N2O3/c1-12-10-20(11-13(2)23-12)18(22)15-6-4-5-7-16(15)19(3)17(21)14-8-9-14/h4-7,12-14H,8-11H2,1-3H3/t12-,13-/m0/s1. The van der Waals surface area contributed by atoms with Crippen LogP contribution >= 0.6 is 0 Å². The second kappa shape index (κ2) is 6.32. The average molecular weight is 316 g/mol. The molecule has 124 valence electrons. The Hall–Kier alpha value is -1.88. The molecule has 23 heavy (non-hydrogen) atoms. The topological polar surface area (TPSA) is 49.9 Å². The van der Waals surface area contributed by atoms with Crippen LogP contribution in [-0.4, -0.2) is 49.1 Å². The lowest BCUT2D eigenvalue weighted by Gasteiger charge is -2.36. The molecule has 0 unspecified atom stereocenters. The molecule has 2 aliphatic rings. The molecule has 1 aliphatic carbocycles. The van der Waals surface area contributed by atoms with Crippen LogP contribution in [0.15, 0.2) is 24.3 Å². The van der Waals surface area contributed by atoms with E-state index in [1.54, 1.807) is 18.0 Å². The Balaban J connectivity index is 1.84. The van der Waals surface area contributed by atoms with Gasteiger partial charge in [-0.25, -0.2) is 0 Å². The van der Waals surface area contributed by atoms with Crippen LogP contribution in [0.1, 0.15) is 37.0 Å². The molecule has 0 radical (unpaired) electrons. The van der Waals surface area contributed by atoms with Crippen molar-refractivity contribution in [2.24, 2.45) is 5.92 Å². The van der Waals surface area contributed by atoms with E-state index >= 15 is 0 Å². The van der Waals surface area contributed by atoms with Gasteiger partial charge >= 0.3 is 0 Å². The zero-order valence-corrected chi connectivity index (χ0v) is 14.0. The quantitative estimate of drug-likeness (QED) is 0.860. The number of para-hydroxylation sites is 1. The van der Waals surface area contributed by atoms with Crippen LogP contribution < -0.4 is 4.90 Å². The number of rotatable bonds is 3. The van der Waals surface area contributed by atoms with Crippen molar-refractivity contribution in [2.45, 2.75) is 38.9 Å². The molecule has 0 bridgehead atoms. The molecule has 5 heteroatoms. The Bertz CT molecular complexity index is 602. The minimum Gasteiger partial charge on any atom is -0.372 e. The van der Waals surface area contributed by atoms with Gasteiger partial charge in [-0.3, -0.25) is 9.59 Å². The summed E-state index contributed by atoms with van der Waals surface area (Å²) in [7, 11) is 1.76. The van der Waals surface area contributed by atoms with Crippen molar-refractivity contribution in [3.63, 3.8) is 0 Å². The van der Waals surface area contributed by atoms with Crippen LogP contribution in [0, 0.1) is 5.92 Å². The van der Waals surface area contributed by atoms with E-state index in [-0.39, 0.29) is 29.9 Å². The molecule has 2 fully saturated rings. The smallest absolute Gasteiger partial charge is 0.256 e. The van der Waals surface area contributed by atoms with Gasteiger partial charge in [0, 0.05) is 26.1 Å². The van der Waals surface area contributed by atoms with Gasteiger partial charge in [0.1, 0.15) is 0 Å². The van der Waals surface area contributed by atoms with Crippen LogP contribution in [0.4, 0.5) is 5.69 Å². The zero-order valence-electron chi connectivity index (χ0n) is 14.0. The fourth-order valence-electron chi connectivity index (χ4n) is 3.18. The lowest BCUT2D eigenvalue weighted by atomic mass is 10.1. The van der Waals surface area contributed by atoms with Crippen LogP contribution in [0.25, 0.3) is 0 Å². The molecule has 2 amide bonds. The van der Waals surface area contributed by atoms with Crippen LogP contribution in [0.2, 0.25) is 0 Å². The number of carbonyl (C=O) groups excluding carboxylic acids is 2. The largest absolute Gasteiger partial charge is 0.372 e. The highest BCUT2D eigenvalue weighted by Gasteiger charge is 2.34. The molecule has 1 heterocycles. The van der Waals surface area contributed by atoms with Gasteiger partial charge in [-0.15, -0.1) is 0 Å². The number of benzene rings is 1. The molecule has 0 aromatic heterocycles. The van der Waals surface area contributed by atoms with Crippen LogP contribution in [0.3, 0.4) is 0 Å². The number of morpholine rings is 1. The third-order valence-electron chi connectivity index (χ3n) is 4.46. The third-order valence-corrected chi connectivity index (χ3v) is 4.46.